The minimum Gasteiger partial charge on any atom is -0.353 e. The summed E-state index contributed by atoms with van der Waals surface area (Å²) in [5.41, 5.74) is 0.255. The maximum absolute atomic E-state index is 11.5. The SMILES string of the molecule is CNCC(=O)NC(C)CCSC1CC2(CC=CC2)C(C)N1C=O. The van der Waals surface area contributed by atoms with Gasteiger partial charge in [0.2, 0.25) is 12.3 Å². The molecule has 1 aliphatic carbocycles. The molecule has 1 saturated heterocycles. The highest BCUT2D eigenvalue weighted by atomic mass is 32.2. The number of nitrogens with zero attached hydrogens (tertiary/aromatic N) is 1. The second kappa shape index (κ2) is 8.20. The Hall–Kier alpha value is -1.01. The van der Waals surface area contributed by atoms with Crippen molar-refractivity contribution < 1.29 is 9.59 Å². The Bertz CT molecular complexity index is 447. The lowest BCUT2D eigenvalue weighted by atomic mass is 9.79. The molecule has 0 aromatic carbocycles. The van der Waals surface area contributed by atoms with Gasteiger partial charge in [-0.15, -0.1) is 11.8 Å². The minimum atomic E-state index is 0.0324. The number of rotatable bonds is 8. The molecule has 0 aromatic rings. The molecule has 2 rings (SSSR count). The molecule has 0 radical (unpaired) electrons. The van der Waals surface area contributed by atoms with Gasteiger partial charge in [0.05, 0.1) is 11.9 Å². The first-order chi connectivity index (χ1) is 11.0. The highest BCUT2D eigenvalue weighted by Gasteiger charge is 2.49. The average Bonchev–Trinajstić information content (AvgIpc) is 3.06. The number of nitrogens with one attached hydrogen (secondary N) is 2. The van der Waals surface area contributed by atoms with Crippen LogP contribution in [0.15, 0.2) is 12.2 Å². The summed E-state index contributed by atoms with van der Waals surface area (Å²) >= 11 is 1.85. The van der Waals surface area contributed by atoms with Crippen molar-refractivity contribution in [2.75, 3.05) is 19.3 Å². The van der Waals surface area contributed by atoms with Crippen LogP contribution in [-0.2, 0) is 9.59 Å². The summed E-state index contributed by atoms with van der Waals surface area (Å²) in [4.78, 5) is 25.1. The van der Waals surface area contributed by atoms with Crippen molar-refractivity contribution >= 4 is 24.1 Å². The molecule has 1 heterocycles. The van der Waals surface area contributed by atoms with Crippen LogP contribution in [0.5, 0.6) is 0 Å². The molecule has 0 bridgehead atoms. The van der Waals surface area contributed by atoms with Gasteiger partial charge in [-0.2, -0.15) is 0 Å². The van der Waals surface area contributed by atoms with Gasteiger partial charge in [0.1, 0.15) is 0 Å². The van der Waals surface area contributed by atoms with Crippen LogP contribution < -0.4 is 10.6 Å². The van der Waals surface area contributed by atoms with Crippen LogP contribution in [0.4, 0.5) is 0 Å². The van der Waals surface area contributed by atoms with Crippen molar-refractivity contribution in [1.29, 1.82) is 0 Å². The van der Waals surface area contributed by atoms with Gasteiger partial charge < -0.3 is 15.5 Å². The van der Waals surface area contributed by atoms with Crippen LogP contribution in [0.3, 0.4) is 0 Å². The predicted octanol–water partition coefficient (Wildman–Crippen LogP) is 1.75. The summed E-state index contributed by atoms with van der Waals surface area (Å²) in [5.74, 6) is 0.983. The molecule has 0 saturated carbocycles. The maximum atomic E-state index is 11.5. The maximum Gasteiger partial charge on any atom is 0.234 e. The van der Waals surface area contributed by atoms with Crippen LogP contribution in [0.1, 0.15) is 39.5 Å². The monoisotopic (exact) mass is 339 g/mol. The normalized spacial score (nSPS) is 26.7. The molecular weight excluding hydrogens is 310 g/mol. The number of hydrogen-bond acceptors (Lipinski definition) is 4. The highest BCUT2D eigenvalue weighted by Crippen LogP contribution is 2.51. The van der Waals surface area contributed by atoms with Crippen molar-refractivity contribution in [3.05, 3.63) is 12.2 Å². The Morgan fingerprint density at radius 3 is 2.78 bits per heavy atom. The molecule has 130 valence electrons. The third-order valence-electron chi connectivity index (χ3n) is 5.19. The van der Waals surface area contributed by atoms with Crippen molar-refractivity contribution in [3.63, 3.8) is 0 Å². The van der Waals surface area contributed by atoms with E-state index in [4.69, 9.17) is 0 Å². The van der Waals surface area contributed by atoms with E-state index in [9.17, 15) is 9.59 Å². The number of hydrogen-bond donors (Lipinski definition) is 2. The molecule has 1 fully saturated rings. The third-order valence-corrected chi connectivity index (χ3v) is 6.46. The Morgan fingerprint density at radius 2 is 2.17 bits per heavy atom. The Kier molecular flexibility index (Phi) is 6.53. The van der Waals surface area contributed by atoms with E-state index in [1.807, 2.05) is 23.6 Å². The van der Waals surface area contributed by atoms with Crippen molar-refractivity contribution in [3.8, 4) is 0 Å². The number of amides is 2. The second-order valence-corrected chi connectivity index (χ2v) is 8.07. The summed E-state index contributed by atoms with van der Waals surface area (Å²) in [6.45, 7) is 4.57. The molecule has 23 heavy (non-hydrogen) atoms. The number of thioether (sulfide) groups is 1. The van der Waals surface area contributed by atoms with E-state index in [0.29, 0.717) is 12.6 Å². The molecule has 5 nitrogen and oxygen atoms in total. The van der Waals surface area contributed by atoms with E-state index in [2.05, 4.69) is 29.7 Å². The molecule has 2 N–H and O–H groups in total. The van der Waals surface area contributed by atoms with Crippen LogP contribution in [-0.4, -0.2) is 54.0 Å². The fourth-order valence-corrected chi connectivity index (χ4v) is 5.28. The number of likely N-dealkylation sites (tertiary alicyclic amines) is 1. The van der Waals surface area contributed by atoms with Gasteiger partial charge in [-0.1, -0.05) is 12.2 Å². The van der Waals surface area contributed by atoms with E-state index in [1.54, 1.807) is 7.05 Å². The first kappa shape index (κ1) is 18.3. The minimum absolute atomic E-state index is 0.0324. The molecular formula is C17H29N3O2S. The van der Waals surface area contributed by atoms with E-state index in [0.717, 1.165) is 37.8 Å². The first-order valence-corrected chi connectivity index (χ1v) is 9.50. The second-order valence-electron chi connectivity index (χ2n) is 6.79. The molecule has 1 aliphatic heterocycles. The van der Waals surface area contributed by atoms with Crippen molar-refractivity contribution in [2.24, 2.45) is 5.41 Å². The Balaban J connectivity index is 1.78. The fraction of sp³-hybridized carbons (Fsp3) is 0.765. The van der Waals surface area contributed by atoms with Crippen LogP contribution in [0.25, 0.3) is 0 Å². The first-order valence-electron chi connectivity index (χ1n) is 8.45. The molecule has 3 atom stereocenters. The van der Waals surface area contributed by atoms with Gasteiger partial charge in [-0.25, -0.2) is 0 Å². The topological polar surface area (TPSA) is 61.4 Å². The number of carbonyl (C=O) groups excluding carboxylic acids is 2. The number of allylic oxidation sites excluding steroid dienone is 2. The molecule has 3 unspecified atom stereocenters. The van der Waals surface area contributed by atoms with Crippen LogP contribution >= 0.6 is 11.8 Å². The van der Waals surface area contributed by atoms with Gasteiger partial charge in [0.25, 0.3) is 0 Å². The van der Waals surface area contributed by atoms with Crippen molar-refractivity contribution in [1.82, 2.24) is 15.5 Å². The summed E-state index contributed by atoms with van der Waals surface area (Å²) in [6, 6.07) is 0.467. The average molecular weight is 340 g/mol. The van der Waals surface area contributed by atoms with E-state index in [1.165, 1.54) is 0 Å². The van der Waals surface area contributed by atoms with E-state index in [-0.39, 0.29) is 22.7 Å². The number of carbonyl (C=O) groups is 2. The molecule has 6 heteroatoms. The summed E-state index contributed by atoms with van der Waals surface area (Å²) in [5, 5.41) is 6.10. The molecule has 2 amide bonds. The zero-order valence-electron chi connectivity index (χ0n) is 14.4. The summed E-state index contributed by atoms with van der Waals surface area (Å²) in [7, 11) is 1.77. The largest absolute Gasteiger partial charge is 0.353 e. The molecule has 2 aliphatic rings. The lowest BCUT2D eigenvalue weighted by Crippen LogP contribution is -2.38. The van der Waals surface area contributed by atoms with E-state index >= 15 is 0 Å². The van der Waals surface area contributed by atoms with Crippen LogP contribution in [0.2, 0.25) is 0 Å². The zero-order valence-corrected chi connectivity index (χ0v) is 15.2. The summed E-state index contributed by atoms with van der Waals surface area (Å²) < 4.78 is 0. The van der Waals surface area contributed by atoms with Crippen molar-refractivity contribution in [2.45, 2.75) is 57.0 Å². The quantitative estimate of drug-likeness (QED) is 0.522. The third kappa shape index (κ3) is 4.29. The predicted molar refractivity (Wildman–Crippen MR) is 95.2 cm³/mol. The highest BCUT2D eigenvalue weighted by molar-refractivity contribution is 7.99. The smallest absolute Gasteiger partial charge is 0.234 e. The van der Waals surface area contributed by atoms with Gasteiger partial charge in [0.15, 0.2) is 0 Å². The Morgan fingerprint density at radius 1 is 1.48 bits per heavy atom. The lowest BCUT2D eigenvalue weighted by Gasteiger charge is -2.30. The Labute approximate surface area is 143 Å². The van der Waals surface area contributed by atoms with Gasteiger partial charge in [0, 0.05) is 17.5 Å². The fourth-order valence-electron chi connectivity index (χ4n) is 3.66. The zero-order chi connectivity index (χ0) is 16.9. The number of likely N-dealkylation sites (N-methyl/N-ethyl adjacent to an activating group) is 1. The van der Waals surface area contributed by atoms with Gasteiger partial charge in [-0.05, 0) is 52.3 Å². The molecule has 1 spiro atoms. The summed E-state index contributed by atoms with van der Waals surface area (Å²) in [6.07, 6.45) is 9.71. The van der Waals surface area contributed by atoms with Gasteiger partial charge in [-0.3, -0.25) is 9.59 Å². The molecule has 0 aromatic heterocycles. The standard InChI is InChI=1S/C17H29N3O2S/c1-13(19-15(22)11-18-3)6-9-23-16-10-17(7-4-5-8-17)14(2)20(16)12-21/h4-5,12-14,16,18H,6-11H2,1-3H3,(H,19,22). The van der Waals surface area contributed by atoms with Crippen LogP contribution in [0, 0.1) is 5.41 Å². The van der Waals surface area contributed by atoms with E-state index < -0.39 is 0 Å². The lowest BCUT2D eigenvalue weighted by molar-refractivity contribution is -0.121. The van der Waals surface area contributed by atoms with Gasteiger partial charge >= 0.3 is 0 Å².